The molecule has 2 radical (unpaired) electrons. The van der Waals surface area contributed by atoms with E-state index in [1.165, 1.54) is 77.0 Å². The van der Waals surface area contributed by atoms with Gasteiger partial charge in [-0.05, 0) is 13.3 Å². The summed E-state index contributed by atoms with van der Waals surface area (Å²) in [5, 5.41) is 0. The Morgan fingerprint density at radius 3 is 1.20 bits per heavy atom. The van der Waals surface area contributed by atoms with E-state index in [0.717, 1.165) is 6.42 Å². The van der Waals surface area contributed by atoms with Gasteiger partial charge in [-0.3, -0.25) is 0 Å². The molecular formula is C15H30. The first-order valence-corrected chi connectivity index (χ1v) is 7.12. The van der Waals surface area contributed by atoms with E-state index in [4.69, 9.17) is 6.92 Å². The van der Waals surface area contributed by atoms with Crippen LogP contribution < -0.4 is 0 Å². The molecule has 0 aromatic carbocycles. The zero-order chi connectivity index (χ0) is 11.2. The van der Waals surface area contributed by atoms with E-state index < -0.39 is 0 Å². The fraction of sp³-hybridized carbons (Fsp3) is 0.933. The predicted molar refractivity (Wildman–Crippen MR) is 70.0 cm³/mol. The van der Waals surface area contributed by atoms with E-state index in [0.29, 0.717) is 0 Å². The van der Waals surface area contributed by atoms with Gasteiger partial charge in [0.2, 0.25) is 0 Å². The lowest BCUT2D eigenvalue weighted by molar-refractivity contribution is 0.545. The zero-order valence-electron chi connectivity index (χ0n) is 10.8. The molecule has 0 aromatic rings. The molecular weight excluding hydrogens is 180 g/mol. The van der Waals surface area contributed by atoms with Gasteiger partial charge < -0.3 is 0 Å². The molecule has 15 heavy (non-hydrogen) atoms. The third-order valence-electron chi connectivity index (χ3n) is 3.06. The van der Waals surface area contributed by atoms with Gasteiger partial charge in [0.05, 0.1) is 0 Å². The van der Waals surface area contributed by atoms with Crippen LogP contribution in [0.25, 0.3) is 0 Å². The molecule has 0 saturated carbocycles. The highest BCUT2D eigenvalue weighted by molar-refractivity contribution is 4.48. The van der Waals surface area contributed by atoms with Gasteiger partial charge in [0.25, 0.3) is 0 Å². The van der Waals surface area contributed by atoms with E-state index >= 15 is 0 Å². The van der Waals surface area contributed by atoms with Gasteiger partial charge in [-0.1, -0.05) is 84.0 Å². The first-order valence-electron chi connectivity index (χ1n) is 7.12. The van der Waals surface area contributed by atoms with Gasteiger partial charge in [0.15, 0.2) is 0 Å². The Balaban J connectivity index is 2.81. The predicted octanol–water partition coefficient (Wildman–Crippen LogP) is 5.79. The topological polar surface area (TPSA) is 0 Å². The number of rotatable bonds is 12. The van der Waals surface area contributed by atoms with Crippen molar-refractivity contribution in [2.75, 3.05) is 0 Å². The van der Waals surface area contributed by atoms with Gasteiger partial charge in [-0.15, -0.1) is 0 Å². The van der Waals surface area contributed by atoms with Crippen LogP contribution in [0.4, 0.5) is 0 Å². The van der Waals surface area contributed by atoms with Crippen molar-refractivity contribution in [2.45, 2.75) is 90.4 Å². The second kappa shape index (κ2) is 14.0. The monoisotopic (exact) mass is 210 g/mol. The fourth-order valence-corrected chi connectivity index (χ4v) is 1.99. The third kappa shape index (κ3) is 14.0. The molecule has 0 atom stereocenters. The van der Waals surface area contributed by atoms with Crippen molar-refractivity contribution in [1.29, 1.82) is 0 Å². The Kier molecular flexibility index (Phi) is 14.0. The summed E-state index contributed by atoms with van der Waals surface area (Å²) < 4.78 is 0. The summed E-state index contributed by atoms with van der Waals surface area (Å²) in [5.41, 5.74) is 0. The molecule has 0 bridgehead atoms. The molecule has 0 aromatic heterocycles. The Morgan fingerprint density at radius 1 is 0.533 bits per heavy atom. The minimum atomic E-state index is 0.872. The summed E-state index contributed by atoms with van der Waals surface area (Å²) in [6.45, 7) is 7.73. The number of hydrogen-bond acceptors (Lipinski definition) is 0. The van der Waals surface area contributed by atoms with Crippen molar-refractivity contribution in [3.63, 3.8) is 0 Å². The minimum absolute atomic E-state index is 0.872. The lowest BCUT2D eigenvalue weighted by Gasteiger charge is -2.01. The van der Waals surface area contributed by atoms with Gasteiger partial charge >= 0.3 is 0 Å². The largest absolute Gasteiger partial charge is 0.0654 e. The van der Waals surface area contributed by atoms with Crippen LogP contribution in [0.15, 0.2) is 0 Å². The van der Waals surface area contributed by atoms with Crippen molar-refractivity contribution in [3.8, 4) is 0 Å². The summed E-state index contributed by atoms with van der Waals surface area (Å²) in [7, 11) is 0. The van der Waals surface area contributed by atoms with Crippen molar-refractivity contribution < 1.29 is 0 Å². The maximum atomic E-state index is 5.45. The molecule has 0 saturated heterocycles. The Labute approximate surface area is 97.8 Å². The van der Waals surface area contributed by atoms with Crippen LogP contribution in [0.2, 0.25) is 0 Å². The van der Waals surface area contributed by atoms with Crippen LogP contribution in [0.1, 0.15) is 90.4 Å². The average Bonchev–Trinajstić information content (AvgIpc) is 2.26. The van der Waals surface area contributed by atoms with E-state index in [1.807, 2.05) is 0 Å². The van der Waals surface area contributed by atoms with Crippen molar-refractivity contribution >= 4 is 0 Å². The highest BCUT2D eigenvalue weighted by Crippen LogP contribution is 2.12. The van der Waals surface area contributed by atoms with Crippen LogP contribution in [-0.4, -0.2) is 0 Å². The molecule has 0 aliphatic heterocycles. The molecule has 0 rings (SSSR count). The third-order valence-corrected chi connectivity index (χ3v) is 3.06. The van der Waals surface area contributed by atoms with E-state index in [2.05, 4.69) is 6.92 Å². The van der Waals surface area contributed by atoms with Crippen LogP contribution in [0.5, 0.6) is 0 Å². The molecule has 0 nitrogen and oxygen atoms in total. The highest BCUT2D eigenvalue weighted by Gasteiger charge is 1.92. The standard InChI is InChI=1S/C15H30/c1-3-5-7-9-11-13-15-14-12-10-8-6-4-2/h1H,3-15H2,2H3. The summed E-state index contributed by atoms with van der Waals surface area (Å²) in [5.74, 6) is 0. The Bertz CT molecular complexity index is 84.2. The molecule has 0 heterocycles. The van der Waals surface area contributed by atoms with Crippen LogP contribution >= 0.6 is 0 Å². The smallest absolute Gasteiger partial charge is 0.0352 e. The molecule has 0 N–H and O–H groups in total. The van der Waals surface area contributed by atoms with Gasteiger partial charge in [0, 0.05) is 0 Å². The maximum Gasteiger partial charge on any atom is -0.0352 e. The van der Waals surface area contributed by atoms with E-state index in [1.54, 1.807) is 0 Å². The molecule has 0 aliphatic rings. The second-order valence-corrected chi connectivity index (χ2v) is 4.68. The number of hydrogen-bond donors (Lipinski definition) is 0. The lowest BCUT2D eigenvalue weighted by atomic mass is 10.1. The minimum Gasteiger partial charge on any atom is -0.0654 e. The summed E-state index contributed by atoms with van der Waals surface area (Å²) >= 11 is 0. The molecule has 0 spiro atoms. The van der Waals surface area contributed by atoms with Crippen LogP contribution in [0.3, 0.4) is 0 Å². The fourth-order valence-electron chi connectivity index (χ4n) is 1.99. The molecule has 0 amide bonds. The second-order valence-electron chi connectivity index (χ2n) is 4.68. The van der Waals surface area contributed by atoms with Crippen molar-refractivity contribution in [3.05, 3.63) is 6.92 Å². The summed E-state index contributed by atoms with van der Waals surface area (Å²) in [6, 6.07) is 0. The summed E-state index contributed by atoms with van der Waals surface area (Å²) in [6.07, 6.45) is 17.8. The average molecular weight is 210 g/mol. The first-order chi connectivity index (χ1) is 7.41. The highest BCUT2D eigenvalue weighted by atomic mass is 14.0. The van der Waals surface area contributed by atoms with Crippen molar-refractivity contribution in [2.24, 2.45) is 0 Å². The Morgan fingerprint density at radius 2 is 0.867 bits per heavy atom. The van der Waals surface area contributed by atoms with Crippen LogP contribution in [-0.2, 0) is 0 Å². The molecule has 0 aliphatic carbocycles. The maximum absolute atomic E-state index is 5.45. The van der Waals surface area contributed by atoms with Crippen molar-refractivity contribution in [1.82, 2.24) is 0 Å². The quantitative estimate of drug-likeness (QED) is 0.358. The van der Waals surface area contributed by atoms with Crippen LogP contribution in [0, 0.1) is 6.92 Å². The van der Waals surface area contributed by atoms with Gasteiger partial charge in [-0.25, -0.2) is 0 Å². The molecule has 0 fully saturated rings. The summed E-state index contributed by atoms with van der Waals surface area (Å²) in [4.78, 5) is 0. The molecule has 0 unspecified atom stereocenters. The number of unbranched alkanes of at least 4 members (excludes halogenated alkanes) is 12. The SMILES string of the molecule is [CH]CCCCCCCCCCCCCC. The molecule has 90 valence electrons. The normalized spacial score (nSPS) is 10.8. The van der Waals surface area contributed by atoms with E-state index in [9.17, 15) is 0 Å². The van der Waals surface area contributed by atoms with Gasteiger partial charge in [0.1, 0.15) is 0 Å². The lowest BCUT2D eigenvalue weighted by Crippen LogP contribution is -1.82. The zero-order valence-corrected chi connectivity index (χ0v) is 10.8. The van der Waals surface area contributed by atoms with E-state index in [-0.39, 0.29) is 0 Å². The molecule has 0 heteroatoms. The first kappa shape index (κ1) is 15.0. The Hall–Kier alpha value is 0. The van der Waals surface area contributed by atoms with Gasteiger partial charge in [-0.2, -0.15) is 0 Å².